The minimum Gasteiger partial charge on any atom is -0.390 e. The van der Waals surface area contributed by atoms with E-state index in [-0.39, 0.29) is 6.04 Å². The number of nitrogens with one attached hydrogen (secondary N) is 1. The Hall–Kier alpha value is -1.24. The van der Waals surface area contributed by atoms with Crippen LogP contribution >= 0.6 is 0 Å². The Morgan fingerprint density at radius 1 is 1.47 bits per heavy atom. The quantitative estimate of drug-likeness (QED) is 0.641. The fraction of sp³-hybridized carbons (Fsp3) is 0.636. The molecule has 2 atom stereocenters. The van der Waals surface area contributed by atoms with Crippen molar-refractivity contribution in [1.82, 2.24) is 14.9 Å². The highest BCUT2D eigenvalue weighted by atomic mass is 16.3. The van der Waals surface area contributed by atoms with Gasteiger partial charge in [0.25, 0.3) is 0 Å². The van der Waals surface area contributed by atoms with Crippen LogP contribution in [0.1, 0.15) is 6.42 Å². The molecule has 0 spiro atoms. The summed E-state index contributed by atoms with van der Waals surface area (Å²) in [6, 6.07) is 1.71. The van der Waals surface area contributed by atoms with Gasteiger partial charge in [0, 0.05) is 38.1 Å². The van der Waals surface area contributed by atoms with E-state index in [0.29, 0.717) is 12.5 Å². The van der Waals surface area contributed by atoms with E-state index < -0.39 is 6.10 Å². The predicted molar refractivity (Wildman–Crippen MR) is 65.6 cm³/mol. The van der Waals surface area contributed by atoms with Crippen molar-refractivity contribution in [2.45, 2.75) is 18.6 Å². The maximum Gasteiger partial charge on any atom is 0.222 e. The van der Waals surface area contributed by atoms with Gasteiger partial charge < -0.3 is 16.2 Å². The van der Waals surface area contributed by atoms with Crippen molar-refractivity contribution < 1.29 is 5.11 Å². The number of nitrogens with two attached hydrogens (primary N) is 1. The highest BCUT2D eigenvalue weighted by Crippen LogP contribution is 2.08. The molecule has 4 N–H and O–H groups in total. The van der Waals surface area contributed by atoms with E-state index >= 15 is 0 Å². The van der Waals surface area contributed by atoms with E-state index in [9.17, 15) is 5.11 Å². The number of rotatable bonds is 4. The second-order valence-corrected chi connectivity index (χ2v) is 4.32. The Morgan fingerprint density at radius 3 is 2.94 bits per heavy atom. The van der Waals surface area contributed by atoms with Gasteiger partial charge in [-0.15, -0.1) is 0 Å². The lowest BCUT2D eigenvalue weighted by Crippen LogP contribution is -2.51. The lowest BCUT2D eigenvalue weighted by molar-refractivity contribution is 0.0556. The fourth-order valence-corrected chi connectivity index (χ4v) is 1.93. The standard InChI is InChI=1S/C11H19N5O/c12-9-2-6-16(8-10(9)17)7-5-15-11-13-3-1-4-14-11/h1,3-4,9-10,17H,2,5-8,12H2,(H,13,14,15). The second-order valence-electron chi connectivity index (χ2n) is 4.32. The number of hydrogen-bond donors (Lipinski definition) is 3. The first-order chi connectivity index (χ1) is 8.25. The van der Waals surface area contributed by atoms with Gasteiger partial charge in [0.1, 0.15) is 0 Å². The molecule has 0 amide bonds. The summed E-state index contributed by atoms with van der Waals surface area (Å²) in [5, 5.41) is 12.8. The fourth-order valence-electron chi connectivity index (χ4n) is 1.93. The zero-order valence-electron chi connectivity index (χ0n) is 9.79. The van der Waals surface area contributed by atoms with Gasteiger partial charge in [-0.1, -0.05) is 0 Å². The van der Waals surface area contributed by atoms with E-state index in [2.05, 4.69) is 20.2 Å². The molecule has 0 aliphatic carbocycles. The van der Waals surface area contributed by atoms with Crippen LogP contribution in [0.4, 0.5) is 5.95 Å². The van der Waals surface area contributed by atoms with Crippen LogP contribution in [-0.4, -0.2) is 58.3 Å². The van der Waals surface area contributed by atoms with E-state index in [4.69, 9.17) is 5.73 Å². The molecule has 1 saturated heterocycles. The van der Waals surface area contributed by atoms with Gasteiger partial charge in [-0.05, 0) is 19.0 Å². The summed E-state index contributed by atoms with van der Waals surface area (Å²) in [5.41, 5.74) is 5.75. The molecule has 2 rings (SSSR count). The molecule has 0 bridgehead atoms. The number of aromatic nitrogens is 2. The van der Waals surface area contributed by atoms with E-state index in [1.165, 1.54) is 0 Å². The zero-order valence-corrected chi connectivity index (χ0v) is 9.79. The number of hydrogen-bond acceptors (Lipinski definition) is 6. The Kier molecular flexibility index (Phi) is 4.24. The third-order valence-electron chi connectivity index (χ3n) is 3.00. The normalized spacial score (nSPS) is 25.8. The van der Waals surface area contributed by atoms with Crippen molar-refractivity contribution in [3.05, 3.63) is 18.5 Å². The van der Waals surface area contributed by atoms with Gasteiger partial charge in [-0.2, -0.15) is 0 Å². The van der Waals surface area contributed by atoms with Crippen LogP contribution in [0.5, 0.6) is 0 Å². The zero-order chi connectivity index (χ0) is 12.1. The number of nitrogens with zero attached hydrogens (tertiary/aromatic N) is 3. The summed E-state index contributed by atoms with van der Waals surface area (Å²) in [4.78, 5) is 10.4. The summed E-state index contributed by atoms with van der Waals surface area (Å²) in [6.45, 7) is 3.22. The summed E-state index contributed by atoms with van der Waals surface area (Å²) in [7, 11) is 0. The van der Waals surface area contributed by atoms with Crippen molar-refractivity contribution >= 4 is 5.95 Å². The molecule has 1 aromatic rings. The van der Waals surface area contributed by atoms with Gasteiger partial charge in [0.2, 0.25) is 5.95 Å². The minimum absolute atomic E-state index is 0.0725. The molecule has 1 aliphatic rings. The van der Waals surface area contributed by atoms with Crippen molar-refractivity contribution in [1.29, 1.82) is 0 Å². The van der Waals surface area contributed by atoms with Gasteiger partial charge >= 0.3 is 0 Å². The smallest absolute Gasteiger partial charge is 0.222 e. The second kappa shape index (κ2) is 5.90. The average Bonchev–Trinajstić information content (AvgIpc) is 2.35. The minimum atomic E-state index is -0.406. The van der Waals surface area contributed by atoms with Crippen LogP contribution in [-0.2, 0) is 0 Å². The Balaban J connectivity index is 1.69. The highest BCUT2D eigenvalue weighted by molar-refractivity contribution is 5.21. The maximum atomic E-state index is 9.65. The maximum absolute atomic E-state index is 9.65. The monoisotopic (exact) mass is 237 g/mol. The van der Waals surface area contributed by atoms with E-state index in [1.807, 2.05) is 0 Å². The molecule has 0 aromatic carbocycles. The Bertz CT molecular complexity index is 334. The van der Waals surface area contributed by atoms with Crippen LogP contribution < -0.4 is 11.1 Å². The van der Waals surface area contributed by atoms with Crippen molar-refractivity contribution in [3.8, 4) is 0 Å². The molecule has 1 aliphatic heterocycles. The van der Waals surface area contributed by atoms with Crippen molar-refractivity contribution in [2.24, 2.45) is 5.73 Å². The summed E-state index contributed by atoms with van der Waals surface area (Å²) in [5.74, 6) is 0.641. The van der Waals surface area contributed by atoms with Gasteiger partial charge in [0.05, 0.1) is 6.10 Å². The average molecular weight is 237 g/mol. The van der Waals surface area contributed by atoms with Crippen LogP contribution in [0.25, 0.3) is 0 Å². The molecule has 1 fully saturated rings. The number of piperidine rings is 1. The van der Waals surface area contributed by atoms with Gasteiger partial charge in [-0.25, -0.2) is 9.97 Å². The number of aliphatic hydroxyl groups is 1. The van der Waals surface area contributed by atoms with Gasteiger partial charge in [0.15, 0.2) is 0 Å². The molecule has 6 nitrogen and oxygen atoms in total. The lowest BCUT2D eigenvalue weighted by Gasteiger charge is -2.33. The van der Waals surface area contributed by atoms with Crippen molar-refractivity contribution in [3.63, 3.8) is 0 Å². The van der Waals surface area contributed by atoms with Crippen LogP contribution in [0, 0.1) is 0 Å². The molecule has 17 heavy (non-hydrogen) atoms. The first-order valence-corrected chi connectivity index (χ1v) is 5.92. The molecule has 0 saturated carbocycles. The van der Waals surface area contributed by atoms with Crippen molar-refractivity contribution in [2.75, 3.05) is 31.5 Å². The third kappa shape index (κ3) is 3.62. The Labute approximate surface area is 101 Å². The summed E-state index contributed by atoms with van der Waals surface area (Å²) >= 11 is 0. The topological polar surface area (TPSA) is 87.3 Å². The predicted octanol–water partition coefficient (Wildman–Crippen LogP) is -0.718. The molecule has 0 radical (unpaired) electrons. The number of likely N-dealkylation sites (tertiary alicyclic amines) is 1. The molecule has 6 heteroatoms. The molecule has 2 unspecified atom stereocenters. The molecule has 94 valence electrons. The third-order valence-corrected chi connectivity index (χ3v) is 3.00. The number of aliphatic hydroxyl groups excluding tert-OH is 1. The molecule has 1 aromatic heterocycles. The van der Waals surface area contributed by atoms with E-state index in [1.54, 1.807) is 18.5 Å². The highest BCUT2D eigenvalue weighted by Gasteiger charge is 2.23. The summed E-state index contributed by atoms with van der Waals surface area (Å²) < 4.78 is 0. The molecular weight excluding hydrogens is 218 g/mol. The first-order valence-electron chi connectivity index (χ1n) is 5.92. The van der Waals surface area contributed by atoms with Crippen LogP contribution in [0.3, 0.4) is 0 Å². The van der Waals surface area contributed by atoms with Crippen LogP contribution in [0.15, 0.2) is 18.5 Å². The SMILES string of the molecule is NC1CCN(CCNc2ncccn2)CC1O. The molecule has 2 heterocycles. The molecular formula is C11H19N5O. The largest absolute Gasteiger partial charge is 0.390 e. The van der Waals surface area contributed by atoms with Crippen LogP contribution in [0.2, 0.25) is 0 Å². The summed E-state index contributed by atoms with van der Waals surface area (Å²) in [6.07, 6.45) is 3.86. The van der Waals surface area contributed by atoms with E-state index in [0.717, 1.165) is 26.1 Å². The number of β-amino-alcohol motifs (C(OH)–C–C–N with tert-alkyl or cyclic N) is 1. The number of anilines is 1. The first kappa shape index (κ1) is 12.2. The van der Waals surface area contributed by atoms with Gasteiger partial charge in [-0.3, -0.25) is 4.90 Å². The lowest BCUT2D eigenvalue weighted by atomic mass is 10.0. The Morgan fingerprint density at radius 2 is 2.24 bits per heavy atom.